The van der Waals surface area contributed by atoms with Gasteiger partial charge in [0.2, 0.25) is 0 Å². The standard InChI is InChI=1S/C30H34N4O3S/c1-23(24-8-3-2-4-9-24)22-33-18-7-19-34(21-20-33)30(35)26-13-15-27(16-14-26)32-38(36,37)28-12-5-10-25-11-6-17-31-29(25)28/h2-3,5-6,8,10-17,23,32H,4,7,9,18-22H2,1H3. The minimum absolute atomic E-state index is 0.0207. The average molecular weight is 531 g/mol. The lowest BCUT2D eigenvalue weighted by molar-refractivity contribution is 0.0761. The van der Waals surface area contributed by atoms with Crippen molar-refractivity contribution in [3.63, 3.8) is 0 Å². The molecule has 1 aromatic heterocycles. The van der Waals surface area contributed by atoms with Crippen molar-refractivity contribution < 1.29 is 13.2 Å². The average Bonchev–Trinajstić information content (AvgIpc) is 3.18. The van der Waals surface area contributed by atoms with Crippen LogP contribution >= 0.6 is 0 Å². The van der Waals surface area contributed by atoms with Crippen LogP contribution in [0.3, 0.4) is 0 Å². The number of pyridine rings is 1. The number of anilines is 1. The lowest BCUT2D eigenvalue weighted by Crippen LogP contribution is -2.36. The van der Waals surface area contributed by atoms with Crippen molar-refractivity contribution in [1.29, 1.82) is 0 Å². The van der Waals surface area contributed by atoms with E-state index in [1.54, 1.807) is 48.7 Å². The van der Waals surface area contributed by atoms with Crippen LogP contribution in [0.1, 0.15) is 36.5 Å². The molecule has 1 amide bonds. The van der Waals surface area contributed by atoms with E-state index in [1.165, 1.54) is 5.57 Å². The van der Waals surface area contributed by atoms with Crippen molar-refractivity contribution in [2.45, 2.75) is 31.1 Å². The van der Waals surface area contributed by atoms with Crippen LogP contribution in [0.5, 0.6) is 0 Å². The number of nitrogens with one attached hydrogen (secondary N) is 1. The Hall–Kier alpha value is -3.49. The second kappa shape index (κ2) is 11.5. The third-order valence-corrected chi connectivity index (χ3v) is 8.77. The minimum Gasteiger partial charge on any atom is -0.337 e. The number of benzene rings is 2. The number of para-hydroxylation sites is 1. The number of rotatable bonds is 7. The van der Waals surface area contributed by atoms with Crippen molar-refractivity contribution >= 4 is 32.5 Å². The van der Waals surface area contributed by atoms with E-state index in [2.05, 4.69) is 39.8 Å². The van der Waals surface area contributed by atoms with E-state index in [-0.39, 0.29) is 10.8 Å². The smallest absolute Gasteiger partial charge is 0.264 e. The monoisotopic (exact) mass is 530 g/mol. The topological polar surface area (TPSA) is 82.6 Å². The maximum atomic E-state index is 13.2. The van der Waals surface area contributed by atoms with Crippen LogP contribution in [0.25, 0.3) is 10.9 Å². The van der Waals surface area contributed by atoms with Gasteiger partial charge in [-0.1, -0.05) is 48.9 Å². The largest absolute Gasteiger partial charge is 0.337 e. The van der Waals surface area contributed by atoms with E-state index in [4.69, 9.17) is 0 Å². The predicted octanol–water partition coefficient (Wildman–Crippen LogP) is 5.10. The molecule has 1 aliphatic heterocycles. The maximum Gasteiger partial charge on any atom is 0.264 e. The molecule has 1 saturated heterocycles. The van der Waals surface area contributed by atoms with E-state index in [0.717, 1.165) is 50.8 Å². The first kappa shape index (κ1) is 26.1. The summed E-state index contributed by atoms with van der Waals surface area (Å²) in [5.41, 5.74) is 2.89. The Morgan fingerprint density at radius 3 is 2.63 bits per heavy atom. The van der Waals surface area contributed by atoms with Gasteiger partial charge in [0.15, 0.2) is 0 Å². The molecule has 0 saturated carbocycles. The molecule has 1 N–H and O–H groups in total. The number of fused-ring (bicyclic) bond motifs is 1. The number of carbonyl (C=O) groups is 1. The summed E-state index contributed by atoms with van der Waals surface area (Å²) in [4.78, 5) is 22.0. The van der Waals surface area contributed by atoms with Gasteiger partial charge in [-0.2, -0.15) is 0 Å². The SMILES string of the molecule is CC(CN1CCCN(C(=O)c2ccc(NS(=O)(=O)c3cccc4cccnc34)cc2)CC1)C1=CC=CCC1. The van der Waals surface area contributed by atoms with Crippen molar-refractivity contribution in [3.05, 3.63) is 90.2 Å². The van der Waals surface area contributed by atoms with E-state index < -0.39 is 10.0 Å². The Bertz CT molecular complexity index is 1460. The number of nitrogens with zero attached hydrogens (tertiary/aromatic N) is 3. The molecule has 38 heavy (non-hydrogen) atoms. The van der Waals surface area contributed by atoms with Crippen LogP contribution in [-0.2, 0) is 10.0 Å². The van der Waals surface area contributed by atoms with Gasteiger partial charge in [-0.05, 0) is 68.1 Å². The number of allylic oxidation sites excluding steroid dienone is 3. The first-order valence-corrected chi connectivity index (χ1v) is 14.7. The maximum absolute atomic E-state index is 13.2. The van der Waals surface area contributed by atoms with Gasteiger partial charge in [-0.25, -0.2) is 8.42 Å². The first-order valence-electron chi connectivity index (χ1n) is 13.2. The number of sulfonamides is 1. The minimum atomic E-state index is -3.84. The third kappa shape index (κ3) is 5.97. The van der Waals surface area contributed by atoms with E-state index in [0.29, 0.717) is 29.2 Å². The molecule has 8 heteroatoms. The second-order valence-electron chi connectivity index (χ2n) is 10.1. The van der Waals surface area contributed by atoms with E-state index in [9.17, 15) is 13.2 Å². The molecule has 1 aliphatic carbocycles. The summed E-state index contributed by atoms with van der Waals surface area (Å²) in [5, 5.41) is 0.755. The zero-order valence-electron chi connectivity index (χ0n) is 21.7. The van der Waals surface area contributed by atoms with Crippen LogP contribution in [0.4, 0.5) is 5.69 Å². The summed E-state index contributed by atoms with van der Waals surface area (Å²) >= 11 is 0. The van der Waals surface area contributed by atoms with E-state index in [1.807, 2.05) is 17.0 Å². The molecule has 2 heterocycles. The second-order valence-corrected chi connectivity index (χ2v) is 11.7. The van der Waals surface area contributed by atoms with Crippen LogP contribution in [0, 0.1) is 5.92 Å². The molecule has 5 rings (SSSR count). The molecule has 2 aliphatic rings. The number of amides is 1. The molecule has 1 unspecified atom stereocenters. The van der Waals surface area contributed by atoms with Gasteiger partial charge in [0.25, 0.3) is 15.9 Å². The van der Waals surface area contributed by atoms with Crippen LogP contribution in [0.2, 0.25) is 0 Å². The summed E-state index contributed by atoms with van der Waals surface area (Å²) < 4.78 is 28.8. The molecule has 7 nitrogen and oxygen atoms in total. The molecule has 0 spiro atoms. The summed E-state index contributed by atoms with van der Waals surface area (Å²) in [6, 6.07) is 15.3. The van der Waals surface area contributed by atoms with Gasteiger partial charge in [0.1, 0.15) is 4.90 Å². The summed E-state index contributed by atoms with van der Waals surface area (Å²) in [6.07, 6.45) is 11.4. The van der Waals surface area contributed by atoms with Gasteiger partial charge in [-0.3, -0.25) is 14.5 Å². The van der Waals surface area contributed by atoms with E-state index >= 15 is 0 Å². The number of carbonyl (C=O) groups excluding carboxylic acids is 1. The Balaban J connectivity index is 1.21. The van der Waals surface area contributed by atoms with Gasteiger partial charge in [-0.15, -0.1) is 0 Å². The quantitative estimate of drug-likeness (QED) is 0.460. The Labute approximate surface area is 224 Å². The van der Waals surface area contributed by atoms with Crippen LogP contribution in [0.15, 0.2) is 89.5 Å². The van der Waals surface area contributed by atoms with Crippen LogP contribution < -0.4 is 4.72 Å². The van der Waals surface area contributed by atoms with Gasteiger partial charge in [0.05, 0.1) is 5.52 Å². The lowest BCUT2D eigenvalue weighted by atomic mass is 9.93. The zero-order chi connectivity index (χ0) is 26.5. The fourth-order valence-corrected chi connectivity index (χ4v) is 6.50. The molecule has 0 bridgehead atoms. The van der Waals surface area contributed by atoms with Gasteiger partial charge < -0.3 is 9.80 Å². The lowest BCUT2D eigenvalue weighted by Gasteiger charge is -2.26. The normalized spacial score (nSPS) is 17.6. The predicted molar refractivity (Wildman–Crippen MR) is 152 cm³/mol. The summed E-state index contributed by atoms with van der Waals surface area (Å²) in [6.45, 7) is 6.57. The van der Waals surface area contributed by atoms with Gasteiger partial charge in [0, 0.05) is 49.0 Å². The molecule has 2 aromatic carbocycles. The fourth-order valence-electron chi connectivity index (χ4n) is 5.26. The Morgan fingerprint density at radius 2 is 1.84 bits per heavy atom. The molecule has 198 valence electrons. The number of hydrogen-bond donors (Lipinski definition) is 1. The molecule has 1 fully saturated rings. The Kier molecular flexibility index (Phi) is 7.90. The third-order valence-electron chi connectivity index (χ3n) is 7.36. The zero-order valence-corrected chi connectivity index (χ0v) is 22.5. The summed E-state index contributed by atoms with van der Waals surface area (Å²) in [5.74, 6) is 0.496. The van der Waals surface area contributed by atoms with Crippen molar-refractivity contribution in [3.8, 4) is 0 Å². The highest BCUT2D eigenvalue weighted by atomic mass is 32.2. The molecule has 0 radical (unpaired) electrons. The van der Waals surface area contributed by atoms with Crippen molar-refractivity contribution in [1.82, 2.24) is 14.8 Å². The highest BCUT2D eigenvalue weighted by Crippen LogP contribution is 2.24. The van der Waals surface area contributed by atoms with Crippen molar-refractivity contribution in [2.75, 3.05) is 37.4 Å². The molecular weight excluding hydrogens is 496 g/mol. The number of aromatic nitrogens is 1. The highest BCUT2D eigenvalue weighted by Gasteiger charge is 2.23. The Morgan fingerprint density at radius 1 is 1.03 bits per heavy atom. The fraction of sp³-hybridized carbons (Fsp3) is 0.333. The summed E-state index contributed by atoms with van der Waals surface area (Å²) in [7, 11) is -3.84. The highest BCUT2D eigenvalue weighted by molar-refractivity contribution is 7.93. The first-order chi connectivity index (χ1) is 18.4. The molecule has 1 atom stereocenters. The van der Waals surface area contributed by atoms with Gasteiger partial charge >= 0.3 is 0 Å². The van der Waals surface area contributed by atoms with Crippen molar-refractivity contribution in [2.24, 2.45) is 5.92 Å². The number of hydrogen-bond acceptors (Lipinski definition) is 5. The molecule has 3 aromatic rings. The van der Waals surface area contributed by atoms with Crippen LogP contribution in [-0.4, -0.2) is 61.8 Å². The molecular formula is C30H34N4O3S.